The van der Waals surface area contributed by atoms with E-state index >= 15 is 0 Å². The maximum Gasteiger partial charge on any atom is 0.258 e. The molecule has 164 valence electrons. The molecule has 1 saturated heterocycles. The Labute approximate surface area is 177 Å². The van der Waals surface area contributed by atoms with Gasteiger partial charge in [-0.15, -0.1) is 10.5 Å². The lowest BCUT2D eigenvalue weighted by molar-refractivity contribution is -0.400. The Morgan fingerprint density at radius 1 is 1.30 bits per heavy atom. The highest BCUT2D eigenvalue weighted by Gasteiger charge is 2.62. The second kappa shape index (κ2) is 8.27. The van der Waals surface area contributed by atoms with Crippen LogP contribution in [0.3, 0.4) is 0 Å². The quantitative estimate of drug-likeness (QED) is 0.546. The molecule has 5 rings (SSSR count). The van der Waals surface area contributed by atoms with Crippen LogP contribution in [-0.2, 0) is 24.2 Å². The van der Waals surface area contributed by atoms with E-state index in [9.17, 15) is 14.0 Å². The smallest absolute Gasteiger partial charge is 0.258 e. The van der Waals surface area contributed by atoms with Gasteiger partial charge in [-0.3, -0.25) is 9.59 Å². The van der Waals surface area contributed by atoms with Crippen molar-refractivity contribution < 1.29 is 33.3 Å². The zero-order valence-corrected chi connectivity index (χ0v) is 17.1. The fraction of sp³-hybridized carbons (Fsp3) is 0.579. The number of nitrogens with one attached hydrogen (secondary N) is 3. The molecule has 0 radical (unpaired) electrons. The second-order valence-electron chi connectivity index (χ2n) is 8.06. The number of rotatable bonds is 7. The lowest BCUT2D eigenvalue weighted by Crippen LogP contribution is -2.66. The van der Waals surface area contributed by atoms with E-state index < -0.39 is 18.1 Å². The third-order valence-corrected chi connectivity index (χ3v) is 6.15. The number of fused-ring (bicyclic) bond motifs is 1. The fourth-order valence-electron chi connectivity index (χ4n) is 4.48. The summed E-state index contributed by atoms with van der Waals surface area (Å²) in [6.07, 6.45) is 1.89. The summed E-state index contributed by atoms with van der Waals surface area (Å²) in [4.78, 5) is 34.6. The normalized spacial score (nSPS) is 32.2. The Balaban J connectivity index is 1.24. The van der Waals surface area contributed by atoms with Crippen LogP contribution < -0.4 is 20.9 Å². The van der Waals surface area contributed by atoms with Crippen molar-refractivity contribution >= 4 is 23.4 Å². The molecule has 3 aliphatic carbocycles. The molecule has 2 atom stereocenters. The zero-order chi connectivity index (χ0) is 21.4. The zero-order valence-electron chi connectivity index (χ0n) is 16.3. The van der Waals surface area contributed by atoms with E-state index in [1.807, 2.05) is 0 Å². The van der Waals surface area contributed by atoms with Crippen LogP contribution in [0.4, 0.5) is 4.39 Å². The summed E-state index contributed by atoms with van der Waals surface area (Å²) in [5.41, 5.74) is 1.79. The van der Waals surface area contributed by atoms with Gasteiger partial charge in [0, 0.05) is 30.7 Å². The van der Waals surface area contributed by atoms with Gasteiger partial charge in [0.2, 0.25) is 0 Å². The lowest BCUT2D eigenvalue weighted by atomic mass is 9.71. The molecule has 1 aromatic rings. The molecule has 2 bridgehead atoms. The van der Waals surface area contributed by atoms with E-state index in [0.717, 1.165) is 18.9 Å². The number of amides is 2. The van der Waals surface area contributed by atoms with Gasteiger partial charge < -0.3 is 20.1 Å². The predicted molar refractivity (Wildman–Crippen MR) is 102 cm³/mol. The summed E-state index contributed by atoms with van der Waals surface area (Å²) in [6, 6.07) is 4.00. The molecular formula is C19H23ClFN3O6. The Morgan fingerprint density at radius 2 is 2.03 bits per heavy atom. The van der Waals surface area contributed by atoms with Crippen molar-refractivity contribution in [2.45, 2.75) is 55.5 Å². The minimum Gasteiger partial charge on any atom is -0.484 e. The highest BCUT2D eigenvalue weighted by Crippen LogP contribution is 2.55. The number of methoxy groups -OCH3 is 1. The topological polar surface area (TPSA) is 107 Å². The first kappa shape index (κ1) is 21.3. The fourth-order valence-corrected chi connectivity index (χ4v) is 4.60. The number of ether oxygens (including phenoxy) is 2. The molecule has 11 heteroatoms. The van der Waals surface area contributed by atoms with Gasteiger partial charge in [-0.2, -0.15) is 0 Å². The molecule has 1 aromatic carbocycles. The second-order valence-corrected chi connectivity index (χ2v) is 8.47. The van der Waals surface area contributed by atoms with E-state index in [1.165, 1.54) is 19.2 Å². The molecule has 2 unspecified atom stereocenters. The molecule has 1 heterocycles. The standard InChI is InChI=1S/C19H23ClFN3O6/c1-27-16-7-14(29-30-24-16)17(26)23-19-5-4-18(9-19,10-19)22-15(25)8-28-11-2-3-12(20)13(21)6-11/h2-3,6,14,16,24H,4-5,7-10H2,1H3,(H,22,25)(H,23,26). The lowest BCUT2D eigenvalue weighted by Gasteiger charge is -2.48. The van der Waals surface area contributed by atoms with Crippen LogP contribution in [-0.4, -0.2) is 48.9 Å². The van der Waals surface area contributed by atoms with E-state index in [1.54, 1.807) is 0 Å². The van der Waals surface area contributed by atoms with Crippen molar-refractivity contribution in [1.29, 1.82) is 0 Å². The summed E-state index contributed by atoms with van der Waals surface area (Å²) in [5, 5.41) is 6.02. The molecule has 9 nitrogen and oxygen atoms in total. The molecule has 3 saturated carbocycles. The Kier molecular flexibility index (Phi) is 5.86. The van der Waals surface area contributed by atoms with Crippen LogP contribution in [0.15, 0.2) is 18.2 Å². The van der Waals surface area contributed by atoms with Crippen LogP contribution >= 0.6 is 11.6 Å². The van der Waals surface area contributed by atoms with Gasteiger partial charge >= 0.3 is 0 Å². The Morgan fingerprint density at radius 3 is 2.73 bits per heavy atom. The largest absolute Gasteiger partial charge is 0.484 e. The van der Waals surface area contributed by atoms with Crippen LogP contribution in [0.25, 0.3) is 0 Å². The average Bonchev–Trinajstić information content (AvgIpc) is 3.23. The van der Waals surface area contributed by atoms with Gasteiger partial charge in [-0.05, 0) is 37.8 Å². The molecule has 3 N–H and O–H groups in total. The van der Waals surface area contributed by atoms with Crippen molar-refractivity contribution in [3.05, 3.63) is 29.0 Å². The van der Waals surface area contributed by atoms with Crippen LogP contribution in [0.2, 0.25) is 5.02 Å². The van der Waals surface area contributed by atoms with Gasteiger partial charge in [0.15, 0.2) is 12.7 Å². The summed E-state index contributed by atoms with van der Waals surface area (Å²) < 4.78 is 23.9. The number of halogens is 2. The van der Waals surface area contributed by atoms with Crippen molar-refractivity contribution in [2.75, 3.05) is 13.7 Å². The van der Waals surface area contributed by atoms with Crippen molar-refractivity contribution in [3.8, 4) is 5.75 Å². The third kappa shape index (κ3) is 4.37. The van der Waals surface area contributed by atoms with E-state index in [0.29, 0.717) is 19.3 Å². The van der Waals surface area contributed by atoms with E-state index in [4.69, 9.17) is 31.0 Å². The van der Waals surface area contributed by atoms with Crippen molar-refractivity contribution in [1.82, 2.24) is 16.1 Å². The monoisotopic (exact) mass is 443 g/mol. The predicted octanol–water partition coefficient (Wildman–Crippen LogP) is 1.35. The molecule has 4 fully saturated rings. The molecule has 30 heavy (non-hydrogen) atoms. The molecule has 0 aromatic heterocycles. The maximum atomic E-state index is 13.4. The number of carbonyl (C=O) groups is 2. The number of hydrogen-bond acceptors (Lipinski definition) is 7. The summed E-state index contributed by atoms with van der Waals surface area (Å²) in [7, 11) is 1.51. The number of hydrogen-bond donors (Lipinski definition) is 3. The summed E-state index contributed by atoms with van der Waals surface area (Å²) >= 11 is 5.63. The van der Waals surface area contributed by atoms with Crippen LogP contribution in [0.1, 0.15) is 32.1 Å². The highest BCUT2D eigenvalue weighted by molar-refractivity contribution is 6.30. The van der Waals surface area contributed by atoms with Gasteiger partial charge in [0.05, 0.1) is 5.02 Å². The highest BCUT2D eigenvalue weighted by atomic mass is 35.5. The molecule has 1 aliphatic heterocycles. The van der Waals surface area contributed by atoms with Crippen molar-refractivity contribution in [2.24, 2.45) is 0 Å². The van der Waals surface area contributed by atoms with Gasteiger partial charge in [-0.25, -0.2) is 9.28 Å². The Hall–Kier alpha value is -1.98. The van der Waals surface area contributed by atoms with Crippen LogP contribution in [0.5, 0.6) is 5.75 Å². The number of carbonyl (C=O) groups excluding carboxylic acids is 2. The first-order valence-corrected chi connectivity index (χ1v) is 10.0. The van der Waals surface area contributed by atoms with E-state index in [2.05, 4.69) is 16.1 Å². The molecule has 2 amide bonds. The summed E-state index contributed by atoms with van der Waals surface area (Å²) in [6.45, 7) is -0.235. The van der Waals surface area contributed by atoms with E-state index in [-0.39, 0.29) is 40.3 Å². The first-order valence-electron chi connectivity index (χ1n) is 9.64. The third-order valence-electron chi connectivity index (χ3n) is 5.84. The van der Waals surface area contributed by atoms with Gasteiger partial charge in [0.1, 0.15) is 17.8 Å². The Bertz CT molecular complexity index is 834. The number of hydroxylamine groups is 1. The minimum atomic E-state index is -0.774. The van der Waals surface area contributed by atoms with Crippen LogP contribution in [0, 0.1) is 5.82 Å². The van der Waals surface area contributed by atoms with Gasteiger partial charge in [0.25, 0.3) is 11.8 Å². The molecule has 0 spiro atoms. The average molecular weight is 444 g/mol. The first-order chi connectivity index (χ1) is 14.3. The van der Waals surface area contributed by atoms with Gasteiger partial charge in [-0.1, -0.05) is 11.6 Å². The maximum absolute atomic E-state index is 13.4. The minimum absolute atomic E-state index is 0.0105. The SMILES string of the molecule is COC1CC(C(=O)NC23CCC(NC(=O)COc4ccc(Cl)c(F)c4)(C2)C3)OON1. The van der Waals surface area contributed by atoms with Crippen molar-refractivity contribution in [3.63, 3.8) is 0 Å². The summed E-state index contributed by atoms with van der Waals surface area (Å²) in [5.74, 6) is -0.952. The molecular weight excluding hydrogens is 421 g/mol. The number of benzene rings is 1. The molecule has 4 aliphatic rings.